The van der Waals surface area contributed by atoms with E-state index in [0.29, 0.717) is 13.0 Å². The van der Waals surface area contributed by atoms with Gasteiger partial charge < -0.3 is 9.84 Å². The fourth-order valence-electron chi connectivity index (χ4n) is 1.05. The van der Waals surface area contributed by atoms with Crippen molar-refractivity contribution in [3.8, 4) is 0 Å². The van der Waals surface area contributed by atoms with Gasteiger partial charge in [-0.25, -0.2) is 0 Å². The van der Waals surface area contributed by atoms with Gasteiger partial charge in [0.25, 0.3) is 0 Å². The van der Waals surface area contributed by atoms with Crippen LogP contribution in [0.25, 0.3) is 0 Å². The molecule has 0 fully saturated rings. The molecule has 0 aliphatic heterocycles. The first kappa shape index (κ1) is 22.1. The molecule has 1 radical (unpaired) electrons. The third-order valence-electron chi connectivity index (χ3n) is 1.79. The second-order valence-corrected chi connectivity index (χ2v) is 3.50. The van der Waals surface area contributed by atoms with E-state index in [4.69, 9.17) is 9.84 Å². The Balaban J connectivity index is -0.000000244. The number of rotatable bonds is 7. The third-order valence-corrected chi connectivity index (χ3v) is 1.79. The van der Waals surface area contributed by atoms with Gasteiger partial charge in [0.1, 0.15) is 6.23 Å². The summed E-state index contributed by atoms with van der Waals surface area (Å²) >= 11 is 0. The molecule has 0 aliphatic rings. The predicted molar refractivity (Wildman–Crippen MR) is 66.1 cm³/mol. The van der Waals surface area contributed by atoms with Crippen LogP contribution in [0.3, 0.4) is 0 Å². The van der Waals surface area contributed by atoms with E-state index in [1.54, 1.807) is 6.92 Å². The Morgan fingerprint density at radius 2 is 1.88 bits per heavy atom. The van der Waals surface area contributed by atoms with Gasteiger partial charge in [-0.15, -0.1) is 0 Å². The van der Waals surface area contributed by atoms with E-state index in [-0.39, 0.29) is 29.3 Å². The van der Waals surface area contributed by atoms with Gasteiger partial charge in [-0.1, -0.05) is 26.7 Å². The van der Waals surface area contributed by atoms with Crippen LogP contribution in [0.1, 0.15) is 53.4 Å². The Kier molecular flexibility index (Phi) is 23.8. The molecular formula is C12H27CuNO3. The summed E-state index contributed by atoms with van der Waals surface area (Å²) in [4.78, 5) is 10.7. The van der Waals surface area contributed by atoms with Gasteiger partial charge >= 0.3 is 5.97 Å². The molecule has 109 valence electrons. The van der Waals surface area contributed by atoms with Gasteiger partial charge in [-0.2, -0.15) is 0 Å². The van der Waals surface area contributed by atoms with Crippen molar-refractivity contribution in [3.63, 3.8) is 0 Å². The molecule has 17 heavy (non-hydrogen) atoms. The number of hydrogen-bond donors (Lipinski definition) is 2. The van der Waals surface area contributed by atoms with Crippen LogP contribution in [-0.2, 0) is 26.6 Å². The summed E-state index contributed by atoms with van der Waals surface area (Å²) in [6.07, 6.45) is 3.48. The zero-order valence-electron chi connectivity index (χ0n) is 11.4. The number of unbranched alkanes of at least 4 members (excludes halogenated alkanes) is 2. The normalized spacial score (nSPS) is 10.6. The number of aliphatic hydroxyl groups is 1. The van der Waals surface area contributed by atoms with Crippen molar-refractivity contribution in [2.24, 2.45) is 0 Å². The minimum atomic E-state index is -0.352. The van der Waals surface area contributed by atoms with Crippen molar-refractivity contribution in [1.82, 2.24) is 5.32 Å². The first-order valence-corrected chi connectivity index (χ1v) is 6.15. The number of carbonyl (C=O) groups is 1. The van der Waals surface area contributed by atoms with Gasteiger partial charge in [0.15, 0.2) is 0 Å². The van der Waals surface area contributed by atoms with Gasteiger partial charge in [-0.3, -0.25) is 10.1 Å². The molecule has 0 saturated heterocycles. The van der Waals surface area contributed by atoms with Crippen molar-refractivity contribution in [1.29, 1.82) is 0 Å². The van der Waals surface area contributed by atoms with Crippen molar-refractivity contribution in [3.05, 3.63) is 0 Å². The predicted octanol–water partition coefficient (Wildman–Crippen LogP) is 2.06. The molecule has 0 spiro atoms. The van der Waals surface area contributed by atoms with Gasteiger partial charge in [0.05, 0.1) is 6.61 Å². The average Bonchev–Trinajstić information content (AvgIpc) is 2.19. The van der Waals surface area contributed by atoms with E-state index in [9.17, 15) is 4.79 Å². The van der Waals surface area contributed by atoms with Gasteiger partial charge in [0, 0.05) is 23.5 Å². The molecule has 0 aromatic heterocycles. The van der Waals surface area contributed by atoms with E-state index in [1.165, 1.54) is 0 Å². The maximum Gasteiger partial charge on any atom is 0.305 e. The first-order chi connectivity index (χ1) is 7.58. The van der Waals surface area contributed by atoms with Gasteiger partial charge in [-0.05, 0) is 26.8 Å². The molecule has 0 amide bonds. The quantitative estimate of drug-likeness (QED) is 0.327. The van der Waals surface area contributed by atoms with Crippen LogP contribution in [0.5, 0.6) is 0 Å². The van der Waals surface area contributed by atoms with Crippen LogP contribution in [0, 0.1) is 0 Å². The van der Waals surface area contributed by atoms with Crippen LogP contribution >= 0.6 is 0 Å². The summed E-state index contributed by atoms with van der Waals surface area (Å²) in [7, 11) is 0. The number of carbonyl (C=O) groups excluding carboxylic acids is 1. The maximum absolute atomic E-state index is 10.7. The molecule has 0 saturated carbocycles. The number of nitrogens with one attached hydrogen (secondary N) is 1. The maximum atomic E-state index is 10.7. The minimum Gasteiger partial charge on any atom is -0.466 e. The summed E-state index contributed by atoms with van der Waals surface area (Å²) in [5, 5.41) is 11.2. The van der Waals surface area contributed by atoms with E-state index >= 15 is 0 Å². The fraction of sp³-hybridized carbons (Fsp3) is 0.917. The van der Waals surface area contributed by atoms with E-state index in [1.807, 2.05) is 13.8 Å². The molecule has 2 N–H and O–H groups in total. The average molecular weight is 297 g/mol. The molecule has 1 unspecified atom stereocenters. The number of hydrogen-bond acceptors (Lipinski definition) is 4. The second kappa shape index (κ2) is 18.3. The van der Waals surface area contributed by atoms with E-state index < -0.39 is 0 Å². The van der Waals surface area contributed by atoms with E-state index in [0.717, 1.165) is 25.8 Å². The van der Waals surface area contributed by atoms with Crippen molar-refractivity contribution in [2.75, 3.05) is 13.2 Å². The Bertz CT molecular complexity index is 155. The minimum absolute atomic E-state index is 0. The van der Waals surface area contributed by atoms with Crippen molar-refractivity contribution < 1.29 is 31.7 Å². The van der Waals surface area contributed by atoms with Crippen LogP contribution < -0.4 is 5.32 Å². The fourth-order valence-corrected chi connectivity index (χ4v) is 1.05. The molecular weight excluding hydrogens is 270 g/mol. The molecule has 0 heterocycles. The number of aliphatic hydroxyl groups excluding tert-OH is 1. The Labute approximate surface area is 116 Å². The molecule has 5 heteroatoms. The largest absolute Gasteiger partial charge is 0.466 e. The smallest absolute Gasteiger partial charge is 0.305 e. The molecule has 1 atom stereocenters. The summed E-state index contributed by atoms with van der Waals surface area (Å²) in [6, 6.07) is 0. The third kappa shape index (κ3) is 25.9. The van der Waals surface area contributed by atoms with Crippen LogP contribution in [0.15, 0.2) is 0 Å². The van der Waals surface area contributed by atoms with Crippen LogP contribution in [-0.4, -0.2) is 30.5 Å². The molecule has 0 aliphatic carbocycles. The number of ether oxygens (including phenoxy) is 1. The zero-order valence-corrected chi connectivity index (χ0v) is 12.3. The second-order valence-electron chi connectivity index (χ2n) is 3.50. The molecule has 0 rings (SSSR count). The van der Waals surface area contributed by atoms with Crippen molar-refractivity contribution >= 4 is 5.97 Å². The Morgan fingerprint density at radius 3 is 2.18 bits per heavy atom. The summed E-state index contributed by atoms with van der Waals surface area (Å²) in [5.74, 6) is -0.0593. The topological polar surface area (TPSA) is 58.6 Å². The standard InChI is InChI=1S/C8H16O2.C4H11NO.Cu/c1-3-5-6-7-8(9)10-4-2;1-3-5-4(2)6;/h3-7H2,1-2H3;4-6H,3H2,1-2H3;. The van der Waals surface area contributed by atoms with Crippen LogP contribution in [0.2, 0.25) is 0 Å². The number of esters is 1. The molecule has 4 nitrogen and oxygen atoms in total. The Hall–Kier alpha value is -0.0905. The summed E-state index contributed by atoms with van der Waals surface area (Å²) in [5.41, 5.74) is 0. The van der Waals surface area contributed by atoms with Crippen LogP contribution in [0.4, 0.5) is 0 Å². The molecule has 0 aromatic rings. The molecule has 0 aromatic carbocycles. The van der Waals surface area contributed by atoms with Crippen molar-refractivity contribution in [2.45, 2.75) is 59.6 Å². The zero-order chi connectivity index (χ0) is 12.8. The first-order valence-electron chi connectivity index (χ1n) is 6.15. The Morgan fingerprint density at radius 1 is 1.29 bits per heavy atom. The van der Waals surface area contributed by atoms with E-state index in [2.05, 4.69) is 12.2 Å². The molecule has 0 bridgehead atoms. The monoisotopic (exact) mass is 296 g/mol. The summed E-state index contributed by atoms with van der Waals surface area (Å²) in [6.45, 7) is 8.93. The van der Waals surface area contributed by atoms with Gasteiger partial charge in [0.2, 0.25) is 0 Å². The summed E-state index contributed by atoms with van der Waals surface area (Å²) < 4.78 is 4.75. The SMILES string of the molecule is CCCCCC(=O)OCC.CCNC(C)O.[Cu].